The van der Waals surface area contributed by atoms with Crippen LogP contribution in [-0.2, 0) is 41.4 Å². The molecule has 0 amide bonds. The zero-order chi connectivity index (χ0) is 30.4. The molecule has 0 spiro atoms. The first kappa shape index (κ1) is 31.1. The number of hydrogen-bond donors (Lipinski definition) is 0. The van der Waals surface area contributed by atoms with Crippen LogP contribution in [-0.4, -0.2) is 42.2 Å². The summed E-state index contributed by atoms with van der Waals surface area (Å²) in [6.07, 6.45) is 10.3. The highest BCUT2D eigenvalue weighted by Gasteiger charge is 2.63. The summed E-state index contributed by atoms with van der Waals surface area (Å²) in [6, 6.07) is 0. The Morgan fingerprint density at radius 2 is 1.64 bits per heavy atom. The normalized spacial score (nSPS) is 38.0. The van der Waals surface area contributed by atoms with Gasteiger partial charge in [0.15, 0.2) is 5.89 Å². The highest BCUT2D eigenvalue weighted by atomic mass is 16.5. The van der Waals surface area contributed by atoms with Gasteiger partial charge in [-0.2, -0.15) is 0 Å². The quantitative estimate of drug-likeness (QED) is 0.255. The number of aryl methyl sites for hydroxylation is 2. The van der Waals surface area contributed by atoms with Crippen molar-refractivity contribution in [2.45, 2.75) is 124 Å². The largest absolute Gasteiger partial charge is 0.469 e. The molecule has 234 valence electrons. The Bertz CT molecular complexity index is 1180. The molecule has 8 nitrogen and oxygen atoms in total. The second-order valence-electron chi connectivity index (χ2n) is 14.5. The van der Waals surface area contributed by atoms with Crippen molar-refractivity contribution < 1.29 is 33.0 Å². The average Bonchev–Trinajstić information content (AvgIpc) is 3.46. The van der Waals surface area contributed by atoms with Crippen LogP contribution in [0.5, 0.6) is 0 Å². The van der Waals surface area contributed by atoms with E-state index in [1.54, 1.807) is 0 Å². The standard InChI is InChI=1S/C34H51NO7/c1-19(8-11-31-35-29(20(2)40-31)18-32(38)39-7)25-9-10-26-24-17-30(42-22(4)37)28-16-23(41-21(3)36)12-14-34(28,6)27(24)13-15-33(25,26)5/h19,23-28,30H,8-18H2,1-7H3/t19-,23-,24+,25-,26+,27+,28+,30+,33-,34-/m1/s1. The minimum atomic E-state index is -0.303. The zero-order valence-electron chi connectivity index (χ0n) is 26.7. The number of carbonyl (C=O) groups excluding carboxylic acids is 3. The fourth-order valence-corrected chi connectivity index (χ4v) is 10.4. The van der Waals surface area contributed by atoms with Crippen molar-refractivity contribution >= 4 is 17.9 Å². The molecule has 0 unspecified atom stereocenters. The lowest BCUT2D eigenvalue weighted by atomic mass is 9.43. The van der Waals surface area contributed by atoms with Gasteiger partial charge in [0, 0.05) is 26.2 Å². The SMILES string of the molecule is COC(=O)Cc1nc(CC[C@@H](C)[C@H]2CC[C@H]3[C@@H]4C[C@H](OC(C)=O)[C@@H]5C[C@H](OC(C)=O)CC[C@]5(C)[C@H]4CC[C@]23C)oc1C. The molecule has 8 heteroatoms. The van der Waals surface area contributed by atoms with Crippen LogP contribution in [0.25, 0.3) is 0 Å². The number of aromatic nitrogens is 1. The molecule has 42 heavy (non-hydrogen) atoms. The van der Waals surface area contributed by atoms with E-state index in [9.17, 15) is 14.4 Å². The summed E-state index contributed by atoms with van der Waals surface area (Å²) in [5, 5.41) is 0. The lowest BCUT2D eigenvalue weighted by Crippen LogP contribution is -2.59. The van der Waals surface area contributed by atoms with E-state index in [-0.39, 0.29) is 53.3 Å². The number of oxazole rings is 1. The van der Waals surface area contributed by atoms with Crippen LogP contribution in [0.15, 0.2) is 4.42 Å². The average molecular weight is 586 g/mol. The summed E-state index contributed by atoms with van der Waals surface area (Å²) < 4.78 is 22.5. The predicted octanol–water partition coefficient (Wildman–Crippen LogP) is 6.40. The Morgan fingerprint density at radius 1 is 0.952 bits per heavy atom. The summed E-state index contributed by atoms with van der Waals surface area (Å²) in [5.41, 5.74) is 1.03. The van der Waals surface area contributed by atoms with Crippen LogP contribution in [0, 0.1) is 53.3 Å². The summed E-state index contributed by atoms with van der Waals surface area (Å²) in [4.78, 5) is 40.4. The van der Waals surface area contributed by atoms with Crippen LogP contribution in [0.1, 0.15) is 110 Å². The maximum atomic E-state index is 12.3. The van der Waals surface area contributed by atoms with E-state index in [0.717, 1.165) is 38.5 Å². The van der Waals surface area contributed by atoms with Crippen molar-refractivity contribution in [1.29, 1.82) is 0 Å². The van der Waals surface area contributed by atoms with Crippen LogP contribution in [0.3, 0.4) is 0 Å². The number of carbonyl (C=O) groups is 3. The van der Waals surface area contributed by atoms with Gasteiger partial charge in [0.2, 0.25) is 0 Å². The van der Waals surface area contributed by atoms with Gasteiger partial charge in [-0.3, -0.25) is 14.4 Å². The van der Waals surface area contributed by atoms with Crippen LogP contribution >= 0.6 is 0 Å². The third-order valence-electron chi connectivity index (χ3n) is 12.3. The molecule has 0 N–H and O–H groups in total. The van der Waals surface area contributed by atoms with Crippen LogP contribution in [0.2, 0.25) is 0 Å². The second kappa shape index (κ2) is 12.0. The van der Waals surface area contributed by atoms with Crippen LogP contribution in [0.4, 0.5) is 0 Å². The molecular formula is C34H51NO7. The number of fused-ring (bicyclic) bond motifs is 5. The van der Waals surface area contributed by atoms with Gasteiger partial charge in [-0.25, -0.2) is 4.98 Å². The lowest BCUT2D eigenvalue weighted by Gasteiger charge is -2.62. The molecule has 4 aliphatic rings. The summed E-state index contributed by atoms with van der Waals surface area (Å²) in [7, 11) is 1.39. The Balaban J connectivity index is 1.29. The first-order valence-corrected chi connectivity index (χ1v) is 16.2. The van der Waals surface area contributed by atoms with E-state index >= 15 is 0 Å². The maximum Gasteiger partial charge on any atom is 0.311 e. The monoisotopic (exact) mass is 585 g/mol. The predicted molar refractivity (Wildman–Crippen MR) is 156 cm³/mol. The Hall–Kier alpha value is -2.38. The van der Waals surface area contributed by atoms with Crippen molar-refractivity contribution in [3.05, 3.63) is 17.3 Å². The van der Waals surface area contributed by atoms with Gasteiger partial charge >= 0.3 is 17.9 Å². The third-order valence-corrected chi connectivity index (χ3v) is 12.3. The molecule has 4 saturated carbocycles. The Labute approximate surface area is 251 Å². The van der Waals surface area contributed by atoms with Gasteiger partial charge < -0.3 is 18.6 Å². The first-order valence-electron chi connectivity index (χ1n) is 16.2. The van der Waals surface area contributed by atoms with Crippen molar-refractivity contribution in [1.82, 2.24) is 4.98 Å². The number of nitrogens with zero attached hydrogens (tertiary/aromatic N) is 1. The molecule has 1 heterocycles. The minimum Gasteiger partial charge on any atom is -0.469 e. The molecule has 0 radical (unpaired) electrons. The van der Waals surface area contributed by atoms with E-state index in [1.807, 2.05) is 6.92 Å². The van der Waals surface area contributed by atoms with E-state index in [2.05, 4.69) is 25.8 Å². The van der Waals surface area contributed by atoms with Crippen molar-refractivity contribution in [3.63, 3.8) is 0 Å². The number of rotatable bonds is 8. The van der Waals surface area contributed by atoms with E-state index in [4.69, 9.17) is 18.6 Å². The van der Waals surface area contributed by atoms with Gasteiger partial charge in [0.05, 0.1) is 19.2 Å². The molecule has 1 aromatic heterocycles. The smallest absolute Gasteiger partial charge is 0.311 e. The van der Waals surface area contributed by atoms with Gasteiger partial charge in [0.1, 0.15) is 18.0 Å². The molecule has 0 bridgehead atoms. The molecule has 1 aromatic rings. The first-order chi connectivity index (χ1) is 19.9. The van der Waals surface area contributed by atoms with Crippen LogP contribution < -0.4 is 0 Å². The van der Waals surface area contributed by atoms with Gasteiger partial charge in [0.25, 0.3) is 0 Å². The number of methoxy groups -OCH3 is 1. The van der Waals surface area contributed by atoms with Crippen molar-refractivity contribution in [2.75, 3.05) is 7.11 Å². The maximum absolute atomic E-state index is 12.3. The molecule has 5 rings (SSSR count). The van der Waals surface area contributed by atoms with Crippen molar-refractivity contribution in [2.24, 2.45) is 46.3 Å². The van der Waals surface area contributed by atoms with Gasteiger partial charge in [-0.05, 0) is 105 Å². The number of hydrogen-bond acceptors (Lipinski definition) is 8. The third kappa shape index (κ3) is 5.76. The Morgan fingerprint density at radius 3 is 2.33 bits per heavy atom. The number of ether oxygens (including phenoxy) is 3. The van der Waals surface area contributed by atoms with E-state index < -0.39 is 0 Å². The van der Waals surface area contributed by atoms with E-state index in [0.29, 0.717) is 46.9 Å². The lowest BCUT2D eigenvalue weighted by molar-refractivity contribution is -0.197. The molecule has 10 atom stereocenters. The Kier molecular flexibility index (Phi) is 8.84. The van der Waals surface area contributed by atoms with Gasteiger partial charge in [-0.15, -0.1) is 0 Å². The summed E-state index contributed by atoms with van der Waals surface area (Å²) in [5.74, 6) is 3.86. The molecule has 0 aromatic carbocycles. The highest BCUT2D eigenvalue weighted by molar-refractivity contribution is 5.72. The van der Waals surface area contributed by atoms with Crippen molar-refractivity contribution in [3.8, 4) is 0 Å². The summed E-state index contributed by atoms with van der Waals surface area (Å²) >= 11 is 0. The minimum absolute atomic E-state index is 0.0789. The number of esters is 3. The molecule has 4 aliphatic carbocycles. The molecule has 0 aliphatic heterocycles. The fraction of sp³-hybridized carbons (Fsp3) is 0.824. The zero-order valence-corrected chi connectivity index (χ0v) is 26.7. The molecule has 0 saturated heterocycles. The van der Waals surface area contributed by atoms with Gasteiger partial charge in [-0.1, -0.05) is 20.8 Å². The molecular weight excluding hydrogens is 534 g/mol. The van der Waals surface area contributed by atoms with E-state index in [1.165, 1.54) is 46.6 Å². The topological polar surface area (TPSA) is 105 Å². The second-order valence-corrected chi connectivity index (χ2v) is 14.5. The highest BCUT2D eigenvalue weighted by Crippen LogP contribution is 2.68. The summed E-state index contributed by atoms with van der Waals surface area (Å²) in [6.45, 7) is 12.3. The fourth-order valence-electron chi connectivity index (χ4n) is 10.4. The molecule has 4 fully saturated rings.